The highest BCUT2D eigenvalue weighted by molar-refractivity contribution is 7.91. The van der Waals surface area contributed by atoms with Crippen LogP contribution in [0.25, 0.3) is 0 Å². The van der Waals surface area contributed by atoms with Gasteiger partial charge in [-0.25, -0.2) is 12.8 Å². The van der Waals surface area contributed by atoms with Crippen molar-refractivity contribution in [1.82, 2.24) is 10.2 Å². The molecule has 2 unspecified atom stereocenters. The van der Waals surface area contributed by atoms with Crippen LogP contribution < -0.4 is 5.32 Å². The minimum atomic E-state index is -3.61. The molecule has 8 heteroatoms. The summed E-state index contributed by atoms with van der Waals surface area (Å²) in [4.78, 5) is 14.3. The van der Waals surface area contributed by atoms with Gasteiger partial charge < -0.3 is 10.2 Å². The van der Waals surface area contributed by atoms with Gasteiger partial charge in [0, 0.05) is 25.0 Å². The second-order valence-corrected chi connectivity index (χ2v) is 8.08. The van der Waals surface area contributed by atoms with Gasteiger partial charge in [0.15, 0.2) is 9.84 Å². The number of amides is 1. The Labute approximate surface area is 148 Å². The van der Waals surface area contributed by atoms with Crippen molar-refractivity contribution in [1.29, 1.82) is 0 Å². The second kappa shape index (κ2) is 8.78. The van der Waals surface area contributed by atoms with E-state index in [0.29, 0.717) is 13.1 Å². The van der Waals surface area contributed by atoms with Crippen molar-refractivity contribution in [3.8, 4) is 0 Å². The highest BCUT2D eigenvalue weighted by Crippen LogP contribution is 2.18. The Hall–Kier alpha value is -1.18. The SMILES string of the molecule is CNC1CCCN(C(=O)C(C)CS(=O)(=O)c2ccc(F)cc2)C1.Cl. The lowest BCUT2D eigenvalue weighted by molar-refractivity contribution is -0.135. The molecule has 0 aromatic heterocycles. The largest absolute Gasteiger partial charge is 0.341 e. The van der Waals surface area contributed by atoms with E-state index in [4.69, 9.17) is 0 Å². The fourth-order valence-electron chi connectivity index (χ4n) is 2.86. The Morgan fingerprint density at radius 2 is 2.00 bits per heavy atom. The fraction of sp³-hybridized carbons (Fsp3) is 0.562. The van der Waals surface area contributed by atoms with Crippen LogP contribution in [0.15, 0.2) is 29.2 Å². The number of rotatable bonds is 5. The van der Waals surface area contributed by atoms with Gasteiger partial charge in [-0.3, -0.25) is 4.79 Å². The number of nitrogens with one attached hydrogen (secondary N) is 1. The molecular weight excluding hydrogens is 355 g/mol. The quantitative estimate of drug-likeness (QED) is 0.794. The van der Waals surface area contributed by atoms with Crippen molar-refractivity contribution in [2.75, 3.05) is 25.9 Å². The number of carbonyl (C=O) groups is 1. The topological polar surface area (TPSA) is 66.5 Å². The summed E-state index contributed by atoms with van der Waals surface area (Å²) in [5.74, 6) is -1.52. The van der Waals surface area contributed by atoms with Crippen LogP contribution >= 0.6 is 12.4 Å². The van der Waals surface area contributed by atoms with Crippen molar-refractivity contribution in [3.05, 3.63) is 30.1 Å². The number of carbonyl (C=O) groups excluding carboxylic acids is 1. The lowest BCUT2D eigenvalue weighted by Gasteiger charge is -2.34. The molecule has 1 amide bonds. The Balaban J connectivity index is 0.00000288. The van der Waals surface area contributed by atoms with Crippen molar-refractivity contribution < 1.29 is 17.6 Å². The molecule has 1 aromatic rings. The zero-order chi connectivity index (χ0) is 17.0. The Morgan fingerprint density at radius 1 is 1.38 bits per heavy atom. The molecule has 0 saturated carbocycles. The number of benzene rings is 1. The molecule has 24 heavy (non-hydrogen) atoms. The molecule has 0 spiro atoms. The van der Waals surface area contributed by atoms with E-state index in [-0.39, 0.29) is 35.0 Å². The van der Waals surface area contributed by atoms with Gasteiger partial charge in [0.05, 0.1) is 10.6 Å². The number of piperidine rings is 1. The van der Waals surface area contributed by atoms with Crippen LogP contribution in [-0.4, -0.2) is 51.2 Å². The molecule has 1 heterocycles. The summed E-state index contributed by atoms with van der Waals surface area (Å²) in [5.41, 5.74) is 0. The Morgan fingerprint density at radius 3 is 2.58 bits per heavy atom. The summed E-state index contributed by atoms with van der Waals surface area (Å²) in [7, 11) is -1.75. The molecule has 1 aromatic carbocycles. The minimum Gasteiger partial charge on any atom is -0.341 e. The Bertz CT molecular complexity index is 652. The number of likely N-dealkylation sites (N-methyl/N-ethyl adjacent to an activating group) is 1. The first-order chi connectivity index (χ1) is 10.8. The normalized spacial score (nSPS) is 19.5. The number of likely N-dealkylation sites (tertiary alicyclic amines) is 1. The molecule has 1 saturated heterocycles. The van der Waals surface area contributed by atoms with Crippen LogP contribution in [0, 0.1) is 11.7 Å². The second-order valence-electron chi connectivity index (χ2n) is 6.05. The summed E-state index contributed by atoms with van der Waals surface area (Å²) >= 11 is 0. The summed E-state index contributed by atoms with van der Waals surface area (Å²) in [6.45, 7) is 2.90. The first-order valence-corrected chi connectivity index (χ1v) is 9.43. The summed E-state index contributed by atoms with van der Waals surface area (Å²) in [6, 6.07) is 4.96. The van der Waals surface area contributed by atoms with Gasteiger partial charge in [0.1, 0.15) is 5.82 Å². The van der Waals surface area contributed by atoms with Gasteiger partial charge in [0.2, 0.25) is 5.91 Å². The maximum atomic E-state index is 12.9. The molecule has 2 atom stereocenters. The van der Waals surface area contributed by atoms with E-state index in [1.807, 2.05) is 7.05 Å². The van der Waals surface area contributed by atoms with E-state index in [1.165, 1.54) is 12.1 Å². The third-order valence-electron chi connectivity index (χ3n) is 4.21. The maximum absolute atomic E-state index is 12.9. The molecule has 1 N–H and O–H groups in total. The zero-order valence-corrected chi connectivity index (χ0v) is 15.5. The predicted molar refractivity (Wildman–Crippen MR) is 93.5 cm³/mol. The lowest BCUT2D eigenvalue weighted by atomic mass is 10.0. The van der Waals surface area contributed by atoms with E-state index in [0.717, 1.165) is 25.0 Å². The van der Waals surface area contributed by atoms with Gasteiger partial charge in [-0.2, -0.15) is 0 Å². The molecule has 1 fully saturated rings. The molecule has 1 aliphatic heterocycles. The molecule has 0 radical (unpaired) electrons. The van der Waals surface area contributed by atoms with Crippen molar-refractivity contribution in [3.63, 3.8) is 0 Å². The molecule has 1 aliphatic rings. The average Bonchev–Trinajstić information content (AvgIpc) is 2.54. The maximum Gasteiger partial charge on any atom is 0.226 e. The van der Waals surface area contributed by atoms with Crippen LogP contribution in [0.1, 0.15) is 19.8 Å². The van der Waals surface area contributed by atoms with E-state index in [9.17, 15) is 17.6 Å². The van der Waals surface area contributed by atoms with E-state index in [1.54, 1.807) is 11.8 Å². The highest BCUT2D eigenvalue weighted by atomic mass is 35.5. The van der Waals surface area contributed by atoms with E-state index >= 15 is 0 Å². The standard InChI is InChI=1S/C16H23FN2O3S.ClH/c1-12(16(20)19-9-3-4-14(10-19)18-2)11-23(21,22)15-7-5-13(17)6-8-15;/h5-8,12,14,18H,3-4,9-11H2,1-2H3;1H. The molecule has 136 valence electrons. The number of sulfone groups is 1. The highest BCUT2D eigenvalue weighted by Gasteiger charge is 2.29. The van der Waals surface area contributed by atoms with E-state index in [2.05, 4.69) is 5.32 Å². The number of hydrogen-bond donors (Lipinski definition) is 1. The molecule has 5 nitrogen and oxygen atoms in total. The minimum absolute atomic E-state index is 0. The van der Waals surface area contributed by atoms with Crippen LogP contribution in [0.5, 0.6) is 0 Å². The molecule has 2 rings (SSSR count). The third kappa shape index (κ3) is 5.16. The molecule has 0 bridgehead atoms. The van der Waals surface area contributed by atoms with Crippen molar-refractivity contribution in [2.45, 2.75) is 30.7 Å². The van der Waals surface area contributed by atoms with Crippen LogP contribution in [0.4, 0.5) is 4.39 Å². The van der Waals surface area contributed by atoms with Gasteiger partial charge in [-0.1, -0.05) is 6.92 Å². The fourth-order valence-corrected chi connectivity index (χ4v) is 4.41. The Kier molecular flexibility index (Phi) is 7.63. The number of halogens is 2. The smallest absolute Gasteiger partial charge is 0.226 e. The summed E-state index contributed by atoms with van der Waals surface area (Å²) in [6.07, 6.45) is 1.93. The van der Waals surface area contributed by atoms with Gasteiger partial charge in [-0.05, 0) is 44.2 Å². The van der Waals surface area contributed by atoms with Gasteiger partial charge >= 0.3 is 0 Å². The molecule has 0 aliphatic carbocycles. The zero-order valence-electron chi connectivity index (χ0n) is 13.9. The van der Waals surface area contributed by atoms with Crippen LogP contribution in [-0.2, 0) is 14.6 Å². The van der Waals surface area contributed by atoms with Gasteiger partial charge in [-0.15, -0.1) is 12.4 Å². The first kappa shape index (κ1) is 20.9. The monoisotopic (exact) mass is 378 g/mol. The van der Waals surface area contributed by atoms with Crippen LogP contribution in [0.3, 0.4) is 0 Å². The van der Waals surface area contributed by atoms with Crippen molar-refractivity contribution in [2.24, 2.45) is 5.92 Å². The molecular formula is C16H24ClFN2O3S. The lowest BCUT2D eigenvalue weighted by Crippen LogP contribution is -2.49. The summed E-state index contributed by atoms with van der Waals surface area (Å²) < 4.78 is 37.6. The summed E-state index contributed by atoms with van der Waals surface area (Å²) in [5, 5.41) is 3.16. The third-order valence-corrected chi connectivity index (χ3v) is 6.13. The predicted octanol–water partition coefficient (Wildman–Crippen LogP) is 1.87. The first-order valence-electron chi connectivity index (χ1n) is 7.78. The van der Waals surface area contributed by atoms with E-state index < -0.39 is 21.6 Å². The van der Waals surface area contributed by atoms with Gasteiger partial charge in [0.25, 0.3) is 0 Å². The number of hydrogen-bond acceptors (Lipinski definition) is 4. The van der Waals surface area contributed by atoms with Crippen molar-refractivity contribution >= 4 is 28.2 Å². The van der Waals surface area contributed by atoms with Crippen LogP contribution in [0.2, 0.25) is 0 Å². The average molecular weight is 379 g/mol. The number of nitrogens with zero attached hydrogens (tertiary/aromatic N) is 1.